The van der Waals surface area contributed by atoms with Crippen molar-refractivity contribution >= 4 is 28.4 Å². The molecule has 0 fully saturated rings. The number of rotatable bonds is 1. The van der Waals surface area contributed by atoms with Crippen LogP contribution >= 0.6 is 11.8 Å². The molecule has 150 valence electrons. The molecule has 0 amide bonds. The Morgan fingerprint density at radius 1 is 1.03 bits per heavy atom. The van der Waals surface area contributed by atoms with E-state index in [1.54, 1.807) is 19.1 Å². The second kappa shape index (κ2) is 6.48. The van der Waals surface area contributed by atoms with Crippen molar-refractivity contribution in [3.8, 4) is 0 Å². The number of pyridine rings is 1. The summed E-state index contributed by atoms with van der Waals surface area (Å²) in [4.78, 5) is 16.5. The molecular formula is C20H11F6NOS. The van der Waals surface area contributed by atoms with E-state index in [4.69, 9.17) is 0 Å². The molecule has 0 radical (unpaired) electrons. The Balaban J connectivity index is 2.09. The average molecular weight is 427 g/mol. The van der Waals surface area contributed by atoms with Crippen LogP contribution in [-0.2, 0) is 0 Å². The first kappa shape index (κ1) is 19.8. The number of ketones is 1. The number of alkyl halides is 6. The molecule has 0 saturated carbocycles. The lowest BCUT2D eigenvalue weighted by Crippen LogP contribution is -2.27. The van der Waals surface area contributed by atoms with Crippen LogP contribution in [-0.4, -0.2) is 23.1 Å². The van der Waals surface area contributed by atoms with Crippen LogP contribution in [0.4, 0.5) is 26.3 Å². The van der Waals surface area contributed by atoms with Gasteiger partial charge in [-0.1, -0.05) is 35.5 Å². The summed E-state index contributed by atoms with van der Waals surface area (Å²) in [6.45, 7) is 1.63. The van der Waals surface area contributed by atoms with Crippen LogP contribution in [0.3, 0.4) is 0 Å². The molecule has 0 bridgehead atoms. The number of aryl methyl sites for hydroxylation is 1. The quantitative estimate of drug-likeness (QED) is 0.330. The van der Waals surface area contributed by atoms with Crippen molar-refractivity contribution < 1.29 is 31.1 Å². The summed E-state index contributed by atoms with van der Waals surface area (Å²) in [5.41, 5.74) is -0.726. The number of fused-ring (bicyclic) bond motifs is 4. The Morgan fingerprint density at radius 2 is 1.76 bits per heavy atom. The number of nitrogens with zero attached hydrogens (tertiary/aromatic N) is 1. The molecule has 2 aromatic carbocycles. The Labute approximate surface area is 164 Å². The van der Waals surface area contributed by atoms with Crippen LogP contribution in [0, 0.1) is 6.92 Å². The summed E-state index contributed by atoms with van der Waals surface area (Å²) in [5, 5.41) is -0.127. The van der Waals surface area contributed by atoms with Crippen LogP contribution in [0.1, 0.15) is 33.0 Å². The molecule has 1 atom stereocenters. The minimum Gasteiger partial charge on any atom is -0.284 e. The summed E-state index contributed by atoms with van der Waals surface area (Å²) in [6.07, 6.45) is -8.71. The van der Waals surface area contributed by atoms with E-state index in [2.05, 4.69) is 4.98 Å². The van der Waals surface area contributed by atoms with Gasteiger partial charge in [0.05, 0.1) is 5.52 Å². The van der Waals surface area contributed by atoms with Gasteiger partial charge in [0.1, 0.15) is 5.92 Å². The molecular weight excluding hydrogens is 416 g/mol. The van der Waals surface area contributed by atoms with Crippen molar-refractivity contribution in [1.82, 2.24) is 4.98 Å². The maximum Gasteiger partial charge on any atom is 0.454 e. The maximum atomic E-state index is 14.1. The van der Waals surface area contributed by atoms with Crippen molar-refractivity contribution in [1.29, 1.82) is 0 Å². The maximum absolute atomic E-state index is 14.1. The van der Waals surface area contributed by atoms with Gasteiger partial charge in [-0.15, -0.1) is 0 Å². The first-order valence-corrected chi connectivity index (χ1v) is 9.18. The van der Waals surface area contributed by atoms with Crippen LogP contribution < -0.4 is 0 Å². The predicted octanol–water partition coefficient (Wildman–Crippen LogP) is 6.45. The van der Waals surface area contributed by atoms with Crippen LogP contribution in [0.15, 0.2) is 52.4 Å². The highest BCUT2D eigenvalue weighted by Crippen LogP contribution is 2.54. The number of hydrogen-bond acceptors (Lipinski definition) is 3. The van der Waals surface area contributed by atoms with Gasteiger partial charge < -0.3 is 0 Å². The molecule has 1 aliphatic rings. The zero-order chi connectivity index (χ0) is 21.1. The molecule has 0 spiro atoms. The van der Waals surface area contributed by atoms with Gasteiger partial charge in [-0.3, -0.25) is 9.78 Å². The van der Waals surface area contributed by atoms with Gasteiger partial charge in [-0.05, 0) is 36.2 Å². The van der Waals surface area contributed by atoms with E-state index in [0.717, 1.165) is 17.8 Å². The molecule has 0 aliphatic carbocycles. The Morgan fingerprint density at radius 3 is 2.41 bits per heavy atom. The van der Waals surface area contributed by atoms with Gasteiger partial charge in [0.25, 0.3) is 5.78 Å². The lowest BCUT2D eigenvalue weighted by atomic mass is 9.86. The SMILES string of the molecule is Cc1ccc2c(c1)C(C(F)(F)F)c1cc(C(=O)C(F)(F)F)c3cccnc3c1S2. The van der Waals surface area contributed by atoms with E-state index in [1.165, 1.54) is 24.4 Å². The van der Waals surface area contributed by atoms with Crippen molar-refractivity contribution in [2.75, 3.05) is 0 Å². The molecule has 9 heteroatoms. The second-order valence-electron chi connectivity index (χ2n) is 6.69. The fourth-order valence-electron chi connectivity index (χ4n) is 3.52. The predicted molar refractivity (Wildman–Crippen MR) is 95.3 cm³/mol. The lowest BCUT2D eigenvalue weighted by Gasteiger charge is -2.31. The van der Waals surface area contributed by atoms with Gasteiger partial charge in [-0.2, -0.15) is 26.3 Å². The summed E-state index contributed by atoms with van der Waals surface area (Å²) in [6, 6.07) is 7.92. The van der Waals surface area contributed by atoms with Gasteiger partial charge in [0.15, 0.2) is 0 Å². The van der Waals surface area contributed by atoms with E-state index in [0.29, 0.717) is 10.5 Å². The molecule has 0 N–H and O–H groups in total. The third kappa shape index (κ3) is 3.27. The molecule has 1 aromatic heterocycles. The van der Waals surface area contributed by atoms with Crippen LogP contribution in [0.25, 0.3) is 10.9 Å². The minimum absolute atomic E-state index is 0.0457. The fraction of sp³-hybridized carbons (Fsp3) is 0.200. The first-order chi connectivity index (χ1) is 13.5. The van der Waals surface area contributed by atoms with E-state index in [1.807, 2.05) is 0 Å². The summed E-state index contributed by atoms with van der Waals surface area (Å²) in [7, 11) is 0. The third-order valence-corrected chi connectivity index (χ3v) is 5.93. The molecule has 0 saturated heterocycles. The highest BCUT2D eigenvalue weighted by atomic mass is 32.2. The molecule has 2 heterocycles. The second-order valence-corrected chi connectivity index (χ2v) is 7.74. The van der Waals surface area contributed by atoms with Crippen LogP contribution in [0.2, 0.25) is 0 Å². The van der Waals surface area contributed by atoms with E-state index in [9.17, 15) is 31.1 Å². The lowest BCUT2D eigenvalue weighted by molar-refractivity contribution is -0.142. The van der Waals surface area contributed by atoms with Crippen molar-refractivity contribution in [3.05, 3.63) is 64.8 Å². The molecule has 1 aliphatic heterocycles. The number of Topliss-reactive ketones (excluding diaryl/α,β-unsaturated/α-hetero) is 1. The highest BCUT2D eigenvalue weighted by Gasteiger charge is 2.48. The zero-order valence-corrected chi connectivity index (χ0v) is 15.5. The van der Waals surface area contributed by atoms with E-state index < -0.39 is 29.6 Å². The number of carbonyl (C=O) groups is 1. The monoisotopic (exact) mass is 427 g/mol. The third-order valence-electron chi connectivity index (χ3n) is 4.70. The summed E-state index contributed by atoms with van der Waals surface area (Å²) < 4.78 is 81.5. The normalized spacial score (nSPS) is 16.4. The number of aromatic nitrogens is 1. The molecule has 1 unspecified atom stereocenters. The molecule has 29 heavy (non-hydrogen) atoms. The number of halogens is 6. The van der Waals surface area contributed by atoms with Crippen molar-refractivity contribution in [3.63, 3.8) is 0 Å². The molecule has 3 aromatic rings. The smallest absolute Gasteiger partial charge is 0.284 e. The Kier molecular flexibility index (Phi) is 4.41. The van der Waals surface area contributed by atoms with Crippen molar-refractivity contribution in [2.45, 2.75) is 35.0 Å². The fourth-order valence-corrected chi connectivity index (χ4v) is 4.72. The first-order valence-electron chi connectivity index (χ1n) is 8.36. The highest BCUT2D eigenvalue weighted by molar-refractivity contribution is 7.99. The largest absolute Gasteiger partial charge is 0.454 e. The number of hydrogen-bond donors (Lipinski definition) is 0. The average Bonchev–Trinajstić information content (AvgIpc) is 2.63. The number of carbonyl (C=O) groups excluding carboxylic acids is 1. The van der Waals surface area contributed by atoms with E-state index >= 15 is 0 Å². The van der Waals surface area contributed by atoms with Gasteiger partial charge in [0, 0.05) is 26.9 Å². The van der Waals surface area contributed by atoms with Gasteiger partial charge in [-0.25, -0.2) is 0 Å². The number of benzene rings is 2. The van der Waals surface area contributed by atoms with Gasteiger partial charge >= 0.3 is 12.4 Å². The topological polar surface area (TPSA) is 30.0 Å². The zero-order valence-electron chi connectivity index (χ0n) is 14.7. The van der Waals surface area contributed by atoms with E-state index in [-0.39, 0.29) is 26.9 Å². The molecule has 2 nitrogen and oxygen atoms in total. The minimum atomic E-state index is -5.22. The van der Waals surface area contributed by atoms with Gasteiger partial charge in [0.2, 0.25) is 0 Å². The molecule has 4 rings (SSSR count). The Hall–Kier alpha value is -2.55. The Bertz CT molecular complexity index is 1150. The summed E-state index contributed by atoms with van der Waals surface area (Å²) in [5.74, 6) is -4.35. The van der Waals surface area contributed by atoms with Crippen LogP contribution in [0.5, 0.6) is 0 Å². The standard InChI is InChI=1S/C20H11F6NOS/c1-9-4-5-14-12(7-9)15(19(21,22)23)13-8-11(18(28)20(24,25)26)10-3-2-6-27-16(10)17(13)29-14/h2-8,15H,1H3. The summed E-state index contributed by atoms with van der Waals surface area (Å²) >= 11 is 1.01. The van der Waals surface area contributed by atoms with Crippen molar-refractivity contribution in [2.24, 2.45) is 0 Å².